The molecule has 2 aliphatic rings. The highest BCUT2D eigenvalue weighted by atomic mass is 16.3. The maximum absolute atomic E-state index is 13.1. The largest absolute Gasteiger partial charge is 0.442 e. The van der Waals surface area contributed by atoms with E-state index >= 15 is 0 Å². The van der Waals surface area contributed by atoms with E-state index in [9.17, 15) is 4.79 Å². The second kappa shape index (κ2) is 5.81. The Morgan fingerprint density at radius 1 is 1.19 bits per heavy atom. The molecule has 0 atom stereocenters. The third-order valence-electron chi connectivity index (χ3n) is 5.70. The van der Waals surface area contributed by atoms with Gasteiger partial charge in [0.15, 0.2) is 0 Å². The number of aryl methyl sites for hydroxylation is 1. The van der Waals surface area contributed by atoms with Gasteiger partial charge in [0, 0.05) is 11.6 Å². The maximum atomic E-state index is 13.1. The number of benzene rings is 1. The van der Waals surface area contributed by atoms with Crippen molar-refractivity contribution in [1.29, 1.82) is 0 Å². The molecule has 5 rings (SSSR count). The third kappa shape index (κ3) is 2.85. The normalized spacial score (nSPS) is 17.7. The van der Waals surface area contributed by atoms with Gasteiger partial charge in [-0.1, -0.05) is 24.3 Å². The van der Waals surface area contributed by atoms with Crippen molar-refractivity contribution in [2.24, 2.45) is 0 Å². The molecule has 1 fully saturated rings. The first-order valence-electron chi connectivity index (χ1n) is 9.42. The van der Waals surface area contributed by atoms with Gasteiger partial charge >= 0.3 is 0 Å². The van der Waals surface area contributed by atoms with E-state index in [1.807, 2.05) is 19.1 Å². The summed E-state index contributed by atoms with van der Waals surface area (Å²) in [5, 5.41) is 7.32. The number of amides is 1. The fourth-order valence-electron chi connectivity index (χ4n) is 3.93. The standard InChI is InChI=1S/C21H22N4O2/c1-12-16(19(26)24-15-9-13-5-3-4-6-14(13)10-15)17-18(25-21(2)7-8-21)22-11-23-20(17)27-12/h3-6,11,15H,7-10H2,1-2H3,(H,24,26)(H,22,23,25). The van der Waals surface area contributed by atoms with Crippen molar-refractivity contribution in [3.63, 3.8) is 0 Å². The zero-order valence-electron chi connectivity index (χ0n) is 15.5. The molecule has 2 aliphatic carbocycles. The Labute approximate surface area is 157 Å². The minimum Gasteiger partial charge on any atom is -0.442 e. The SMILES string of the molecule is Cc1oc2ncnc(NC3(C)CC3)c2c1C(=O)NC1Cc2ccccc2C1. The Hall–Kier alpha value is -2.89. The molecule has 0 spiro atoms. The molecule has 3 aromatic rings. The lowest BCUT2D eigenvalue weighted by atomic mass is 10.1. The molecular weight excluding hydrogens is 340 g/mol. The van der Waals surface area contributed by atoms with Crippen LogP contribution in [0, 0.1) is 6.92 Å². The molecule has 0 unspecified atom stereocenters. The number of carbonyl (C=O) groups is 1. The van der Waals surface area contributed by atoms with E-state index in [2.05, 4.69) is 39.7 Å². The predicted octanol–water partition coefficient (Wildman–Crippen LogP) is 3.39. The van der Waals surface area contributed by atoms with Gasteiger partial charge in [-0.05, 0) is 50.7 Å². The number of nitrogens with zero attached hydrogens (tertiary/aromatic N) is 2. The zero-order valence-corrected chi connectivity index (χ0v) is 15.5. The number of carbonyl (C=O) groups excluding carboxylic acids is 1. The molecule has 27 heavy (non-hydrogen) atoms. The van der Waals surface area contributed by atoms with E-state index in [0.29, 0.717) is 28.2 Å². The number of furan rings is 1. The van der Waals surface area contributed by atoms with Gasteiger partial charge in [0.1, 0.15) is 17.9 Å². The molecular formula is C21H22N4O2. The van der Waals surface area contributed by atoms with Crippen LogP contribution in [0.4, 0.5) is 5.82 Å². The molecule has 0 saturated heterocycles. The summed E-state index contributed by atoms with van der Waals surface area (Å²) < 4.78 is 5.77. The van der Waals surface area contributed by atoms with Gasteiger partial charge in [0.25, 0.3) is 5.91 Å². The first-order valence-corrected chi connectivity index (χ1v) is 9.42. The molecule has 0 aliphatic heterocycles. The molecule has 138 valence electrons. The molecule has 1 amide bonds. The van der Waals surface area contributed by atoms with E-state index in [-0.39, 0.29) is 17.5 Å². The lowest BCUT2D eigenvalue weighted by molar-refractivity contribution is 0.0938. The molecule has 6 nitrogen and oxygen atoms in total. The van der Waals surface area contributed by atoms with Crippen molar-refractivity contribution >= 4 is 22.8 Å². The number of fused-ring (bicyclic) bond motifs is 2. The average Bonchev–Trinajstić information content (AvgIpc) is 3.07. The lowest BCUT2D eigenvalue weighted by Gasteiger charge is -2.14. The third-order valence-corrected chi connectivity index (χ3v) is 5.70. The predicted molar refractivity (Wildman–Crippen MR) is 103 cm³/mol. The average molecular weight is 362 g/mol. The molecule has 2 aromatic heterocycles. The number of aromatic nitrogens is 2. The Kier molecular flexibility index (Phi) is 3.50. The number of anilines is 1. The van der Waals surface area contributed by atoms with Crippen LogP contribution < -0.4 is 10.6 Å². The van der Waals surface area contributed by atoms with Crippen molar-refractivity contribution in [3.8, 4) is 0 Å². The Bertz CT molecular complexity index is 1030. The van der Waals surface area contributed by atoms with Gasteiger partial charge < -0.3 is 15.1 Å². The molecule has 2 heterocycles. The summed E-state index contributed by atoms with van der Waals surface area (Å²) in [4.78, 5) is 21.7. The summed E-state index contributed by atoms with van der Waals surface area (Å²) in [5.74, 6) is 1.13. The second-order valence-electron chi connectivity index (χ2n) is 7.97. The van der Waals surface area contributed by atoms with Crippen molar-refractivity contribution in [1.82, 2.24) is 15.3 Å². The highest BCUT2D eigenvalue weighted by Gasteiger charge is 2.38. The van der Waals surface area contributed by atoms with E-state index in [1.165, 1.54) is 17.5 Å². The topological polar surface area (TPSA) is 80.1 Å². The first-order chi connectivity index (χ1) is 13.0. The Morgan fingerprint density at radius 3 is 2.56 bits per heavy atom. The van der Waals surface area contributed by atoms with Gasteiger partial charge in [0.05, 0.1) is 10.9 Å². The summed E-state index contributed by atoms with van der Waals surface area (Å²) in [6.45, 7) is 3.96. The lowest BCUT2D eigenvalue weighted by Crippen LogP contribution is -2.35. The maximum Gasteiger partial charge on any atom is 0.255 e. The van der Waals surface area contributed by atoms with Crippen molar-refractivity contribution in [2.45, 2.75) is 51.1 Å². The molecule has 0 bridgehead atoms. The van der Waals surface area contributed by atoms with Crippen LogP contribution in [0.3, 0.4) is 0 Å². The fraction of sp³-hybridized carbons (Fsp3) is 0.381. The minimum absolute atomic E-state index is 0.0489. The number of hydrogen-bond donors (Lipinski definition) is 2. The van der Waals surface area contributed by atoms with Crippen LogP contribution in [0.25, 0.3) is 11.1 Å². The number of hydrogen-bond acceptors (Lipinski definition) is 5. The van der Waals surface area contributed by atoms with Gasteiger partial charge in [-0.3, -0.25) is 4.79 Å². The van der Waals surface area contributed by atoms with Crippen LogP contribution >= 0.6 is 0 Å². The fourth-order valence-corrected chi connectivity index (χ4v) is 3.93. The van der Waals surface area contributed by atoms with Crippen LogP contribution in [-0.2, 0) is 12.8 Å². The van der Waals surface area contributed by atoms with Gasteiger partial charge in [-0.2, -0.15) is 0 Å². The van der Waals surface area contributed by atoms with Crippen molar-refractivity contribution in [2.75, 3.05) is 5.32 Å². The Balaban J connectivity index is 1.46. The number of nitrogens with one attached hydrogen (secondary N) is 2. The van der Waals surface area contributed by atoms with Gasteiger partial charge in [-0.25, -0.2) is 9.97 Å². The zero-order chi connectivity index (χ0) is 18.6. The van der Waals surface area contributed by atoms with Crippen molar-refractivity contribution in [3.05, 3.63) is 53.0 Å². The summed E-state index contributed by atoms with van der Waals surface area (Å²) in [6.07, 6.45) is 5.38. The second-order valence-corrected chi connectivity index (χ2v) is 7.97. The van der Waals surface area contributed by atoms with Gasteiger partial charge in [0.2, 0.25) is 5.71 Å². The summed E-state index contributed by atoms with van der Waals surface area (Å²) in [6, 6.07) is 8.45. The van der Waals surface area contributed by atoms with E-state index in [0.717, 1.165) is 25.7 Å². The van der Waals surface area contributed by atoms with Crippen LogP contribution in [0.15, 0.2) is 35.0 Å². The summed E-state index contributed by atoms with van der Waals surface area (Å²) >= 11 is 0. The van der Waals surface area contributed by atoms with E-state index < -0.39 is 0 Å². The van der Waals surface area contributed by atoms with E-state index in [4.69, 9.17) is 4.42 Å². The monoisotopic (exact) mass is 362 g/mol. The molecule has 0 radical (unpaired) electrons. The van der Waals surface area contributed by atoms with Crippen LogP contribution in [0.2, 0.25) is 0 Å². The van der Waals surface area contributed by atoms with Crippen LogP contribution in [0.5, 0.6) is 0 Å². The number of rotatable bonds is 4. The summed E-state index contributed by atoms with van der Waals surface area (Å²) in [7, 11) is 0. The van der Waals surface area contributed by atoms with E-state index in [1.54, 1.807) is 0 Å². The molecule has 6 heteroatoms. The molecule has 2 N–H and O–H groups in total. The Morgan fingerprint density at radius 2 is 1.89 bits per heavy atom. The molecule has 1 aromatic carbocycles. The first kappa shape index (κ1) is 16.3. The summed E-state index contributed by atoms with van der Waals surface area (Å²) in [5.41, 5.74) is 3.66. The highest BCUT2D eigenvalue weighted by molar-refractivity contribution is 6.10. The highest BCUT2D eigenvalue weighted by Crippen LogP contribution is 2.40. The van der Waals surface area contributed by atoms with Crippen molar-refractivity contribution < 1.29 is 9.21 Å². The minimum atomic E-state index is -0.122. The molecule has 1 saturated carbocycles. The van der Waals surface area contributed by atoms with Crippen LogP contribution in [0.1, 0.15) is 47.0 Å². The quantitative estimate of drug-likeness (QED) is 0.744. The van der Waals surface area contributed by atoms with Crippen LogP contribution in [-0.4, -0.2) is 27.5 Å². The smallest absolute Gasteiger partial charge is 0.255 e. The van der Waals surface area contributed by atoms with Gasteiger partial charge in [-0.15, -0.1) is 0 Å².